The Morgan fingerprint density at radius 2 is 2.19 bits per heavy atom. The summed E-state index contributed by atoms with van der Waals surface area (Å²) in [5.41, 5.74) is 6.56. The van der Waals surface area contributed by atoms with Crippen LogP contribution in [-0.2, 0) is 18.3 Å². The smallest absolute Gasteiger partial charge is 0.223 e. The lowest BCUT2D eigenvalue weighted by molar-refractivity contribution is -0.133. The standard InChI is InChI=1S/C18H22F2N6O/c1-25-10-21-23-15(25)5-6-16(27)26-8-7-14-12(9-26)18(24-22-14)11-3-2-4-13(19)17(11)20/h2-4,10,12,14,18,22,24H,5-9H2,1H3. The number of likely N-dealkylation sites (tertiary alicyclic amines) is 1. The molecule has 0 bridgehead atoms. The highest BCUT2D eigenvalue weighted by atomic mass is 19.2. The fraction of sp³-hybridized carbons (Fsp3) is 0.500. The number of nitrogens with one attached hydrogen (secondary N) is 2. The number of halogens is 2. The minimum atomic E-state index is -0.856. The Morgan fingerprint density at radius 1 is 1.33 bits per heavy atom. The van der Waals surface area contributed by atoms with Crippen LogP contribution in [-0.4, -0.2) is 44.7 Å². The van der Waals surface area contributed by atoms with Crippen molar-refractivity contribution in [3.8, 4) is 0 Å². The van der Waals surface area contributed by atoms with Gasteiger partial charge in [0.1, 0.15) is 12.2 Å². The van der Waals surface area contributed by atoms with Crippen LogP contribution in [0.1, 0.15) is 30.3 Å². The van der Waals surface area contributed by atoms with E-state index < -0.39 is 11.6 Å². The number of amides is 1. The maximum atomic E-state index is 14.2. The van der Waals surface area contributed by atoms with Gasteiger partial charge in [0.25, 0.3) is 0 Å². The van der Waals surface area contributed by atoms with E-state index in [0.29, 0.717) is 31.5 Å². The topological polar surface area (TPSA) is 75.1 Å². The van der Waals surface area contributed by atoms with Crippen LogP contribution in [0.2, 0.25) is 0 Å². The molecule has 27 heavy (non-hydrogen) atoms. The molecule has 2 aromatic rings. The molecule has 9 heteroatoms. The lowest BCUT2D eigenvalue weighted by Gasteiger charge is -2.36. The summed E-state index contributed by atoms with van der Waals surface area (Å²) in [5.74, 6) is -0.897. The first kappa shape index (κ1) is 18.0. The van der Waals surface area contributed by atoms with E-state index in [-0.39, 0.29) is 23.9 Å². The summed E-state index contributed by atoms with van der Waals surface area (Å²) in [6, 6.07) is 3.96. The fourth-order valence-corrected chi connectivity index (χ4v) is 4.01. The molecule has 3 atom stereocenters. The van der Waals surface area contributed by atoms with Gasteiger partial charge in [0, 0.05) is 50.5 Å². The minimum absolute atomic E-state index is 0.0196. The minimum Gasteiger partial charge on any atom is -0.342 e. The van der Waals surface area contributed by atoms with Crippen LogP contribution >= 0.6 is 0 Å². The van der Waals surface area contributed by atoms with Gasteiger partial charge < -0.3 is 9.47 Å². The molecule has 2 aliphatic rings. The number of hydrogen-bond acceptors (Lipinski definition) is 5. The Morgan fingerprint density at radius 3 is 2.96 bits per heavy atom. The van der Waals surface area contributed by atoms with E-state index in [1.54, 1.807) is 17.0 Å². The van der Waals surface area contributed by atoms with Crippen LogP contribution in [0, 0.1) is 17.6 Å². The molecule has 3 unspecified atom stereocenters. The number of hydrazine groups is 1. The molecule has 2 aliphatic heterocycles. The van der Waals surface area contributed by atoms with Gasteiger partial charge >= 0.3 is 0 Å². The molecule has 144 valence electrons. The zero-order chi connectivity index (χ0) is 19.0. The molecule has 0 saturated carbocycles. The summed E-state index contributed by atoms with van der Waals surface area (Å²) in [6.07, 6.45) is 3.25. The third-order valence-electron chi connectivity index (χ3n) is 5.55. The molecule has 0 aliphatic carbocycles. The van der Waals surface area contributed by atoms with Gasteiger partial charge in [-0.2, -0.15) is 0 Å². The molecule has 1 aromatic carbocycles. The monoisotopic (exact) mass is 376 g/mol. The quantitative estimate of drug-likeness (QED) is 0.836. The molecule has 1 aromatic heterocycles. The van der Waals surface area contributed by atoms with Gasteiger partial charge in [0.05, 0.1) is 6.04 Å². The van der Waals surface area contributed by atoms with E-state index in [1.165, 1.54) is 6.07 Å². The van der Waals surface area contributed by atoms with Crippen LogP contribution < -0.4 is 10.9 Å². The number of fused-ring (bicyclic) bond motifs is 1. The molecule has 3 heterocycles. The average molecular weight is 376 g/mol. The predicted octanol–water partition coefficient (Wildman–Crippen LogP) is 1.09. The zero-order valence-electron chi connectivity index (χ0n) is 15.0. The van der Waals surface area contributed by atoms with Gasteiger partial charge in [-0.3, -0.25) is 10.2 Å². The van der Waals surface area contributed by atoms with E-state index in [1.807, 2.05) is 11.9 Å². The Bertz CT molecular complexity index is 841. The molecule has 0 spiro atoms. The van der Waals surface area contributed by atoms with Crippen molar-refractivity contribution in [2.45, 2.75) is 31.3 Å². The third-order valence-corrected chi connectivity index (χ3v) is 5.55. The number of rotatable bonds is 4. The van der Waals surface area contributed by atoms with Gasteiger partial charge in [0.15, 0.2) is 11.6 Å². The Labute approximate surface area is 155 Å². The Balaban J connectivity index is 1.44. The lowest BCUT2D eigenvalue weighted by Crippen LogP contribution is -2.48. The van der Waals surface area contributed by atoms with Crippen molar-refractivity contribution in [2.24, 2.45) is 13.0 Å². The van der Waals surface area contributed by atoms with E-state index in [2.05, 4.69) is 21.0 Å². The fourth-order valence-electron chi connectivity index (χ4n) is 4.01. The summed E-state index contributed by atoms with van der Waals surface area (Å²) < 4.78 is 29.7. The maximum Gasteiger partial charge on any atom is 0.223 e. The van der Waals surface area contributed by atoms with Crippen molar-refractivity contribution in [2.75, 3.05) is 13.1 Å². The summed E-state index contributed by atoms with van der Waals surface area (Å²) in [4.78, 5) is 14.5. The van der Waals surface area contributed by atoms with Gasteiger partial charge in [0.2, 0.25) is 5.91 Å². The number of carbonyl (C=O) groups excluding carboxylic acids is 1. The van der Waals surface area contributed by atoms with Crippen molar-refractivity contribution in [3.05, 3.63) is 47.5 Å². The first-order valence-electron chi connectivity index (χ1n) is 9.10. The normalized spacial score (nSPS) is 24.9. The lowest BCUT2D eigenvalue weighted by atomic mass is 9.84. The summed E-state index contributed by atoms with van der Waals surface area (Å²) >= 11 is 0. The van der Waals surface area contributed by atoms with Crippen LogP contribution in [0.15, 0.2) is 24.5 Å². The molecular formula is C18H22F2N6O. The zero-order valence-corrected chi connectivity index (χ0v) is 15.0. The van der Waals surface area contributed by atoms with Gasteiger partial charge in [-0.05, 0) is 12.5 Å². The SMILES string of the molecule is Cn1cnnc1CCC(=O)N1CCC2NNC(c3cccc(F)c3F)C2C1. The molecule has 0 radical (unpaired) electrons. The number of piperidine rings is 1. The average Bonchev–Trinajstić information content (AvgIpc) is 3.27. The second kappa shape index (κ2) is 7.32. The van der Waals surface area contributed by atoms with Gasteiger partial charge in [-0.15, -0.1) is 10.2 Å². The number of carbonyl (C=O) groups is 1. The van der Waals surface area contributed by atoms with Crippen LogP contribution in [0.25, 0.3) is 0 Å². The van der Waals surface area contributed by atoms with Crippen molar-refractivity contribution in [3.63, 3.8) is 0 Å². The molecule has 7 nitrogen and oxygen atoms in total. The second-order valence-corrected chi connectivity index (χ2v) is 7.17. The Kier molecular flexibility index (Phi) is 4.88. The Hall–Kier alpha value is -2.39. The number of aromatic nitrogens is 3. The highest BCUT2D eigenvalue weighted by Crippen LogP contribution is 2.35. The van der Waals surface area contributed by atoms with Crippen molar-refractivity contribution >= 4 is 5.91 Å². The molecule has 2 fully saturated rings. The highest BCUT2D eigenvalue weighted by Gasteiger charge is 2.42. The van der Waals surface area contributed by atoms with Gasteiger partial charge in [-0.25, -0.2) is 14.2 Å². The molecular weight excluding hydrogens is 354 g/mol. The predicted molar refractivity (Wildman–Crippen MR) is 93.2 cm³/mol. The maximum absolute atomic E-state index is 14.2. The largest absolute Gasteiger partial charge is 0.342 e. The van der Waals surface area contributed by atoms with Crippen molar-refractivity contribution in [1.29, 1.82) is 0 Å². The molecule has 4 rings (SSSR count). The number of benzene rings is 1. The van der Waals surface area contributed by atoms with E-state index in [9.17, 15) is 13.6 Å². The van der Waals surface area contributed by atoms with Crippen molar-refractivity contribution in [1.82, 2.24) is 30.5 Å². The van der Waals surface area contributed by atoms with Gasteiger partial charge in [-0.1, -0.05) is 12.1 Å². The molecule has 1 amide bonds. The first-order valence-corrected chi connectivity index (χ1v) is 9.10. The van der Waals surface area contributed by atoms with E-state index >= 15 is 0 Å². The van der Waals surface area contributed by atoms with E-state index in [4.69, 9.17) is 0 Å². The number of hydrogen-bond donors (Lipinski definition) is 2. The molecule has 2 saturated heterocycles. The van der Waals surface area contributed by atoms with E-state index in [0.717, 1.165) is 18.3 Å². The second-order valence-electron chi connectivity index (χ2n) is 7.17. The van der Waals surface area contributed by atoms with Crippen LogP contribution in [0.5, 0.6) is 0 Å². The number of aryl methyl sites for hydroxylation is 2. The molecule has 2 N–H and O–H groups in total. The van der Waals surface area contributed by atoms with Crippen LogP contribution in [0.4, 0.5) is 8.78 Å². The first-order chi connectivity index (χ1) is 13.0. The summed E-state index contributed by atoms with van der Waals surface area (Å²) in [6.45, 7) is 1.15. The van der Waals surface area contributed by atoms with Crippen LogP contribution in [0.3, 0.4) is 0 Å². The summed E-state index contributed by atoms with van der Waals surface area (Å²) in [7, 11) is 1.85. The van der Waals surface area contributed by atoms with Crippen molar-refractivity contribution < 1.29 is 13.6 Å². The number of nitrogens with zero attached hydrogens (tertiary/aromatic N) is 4. The summed E-state index contributed by atoms with van der Waals surface area (Å²) in [5, 5.41) is 7.82. The third kappa shape index (κ3) is 3.44. The highest BCUT2D eigenvalue weighted by molar-refractivity contribution is 5.76.